The predicted octanol–water partition coefficient (Wildman–Crippen LogP) is 7.24. The number of nitrogens with zero attached hydrogens (tertiary/aromatic N) is 4. The van der Waals surface area contributed by atoms with Crippen molar-refractivity contribution in [3.05, 3.63) is 101 Å². The van der Waals surface area contributed by atoms with Gasteiger partial charge in [0.15, 0.2) is 0 Å². The number of rotatable bonds is 12. The molecule has 1 heterocycles. The van der Waals surface area contributed by atoms with Gasteiger partial charge in [-0.1, -0.05) is 35.9 Å². The van der Waals surface area contributed by atoms with E-state index in [9.17, 15) is 8.42 Å². The molecule has 0 amide bonds. The Kier molecular flexibility index (Phi) is 10.1. The fourth-order valence-electron chi connectivity index (χ4n) is 6.68. The number of methoxy groups -OCH3 is 2. The summed E-state index contributed by atoms with van der Waals surface area (Å²) in [5.41, 5.74) is 3.69. The second-order valence-corrected chi connectivity index (χ2v) is 15.0. The number of likely N-dealkylation sites (N-methyl/N-ethyl adjacent to an activating group) is 1. The van der Waals surface area contributed by atoms with Crippen molar-refractivity contribution in [3.8, 4) is 11.5 Å². The number of sulfonamides is 1. The zero-order chi connectivity index (χ0) is 34.0. The van der Waals surface area contributed by atoms with Crippen LogP contribution < -0.4 is 19.1 Å². The Balaban J connectivity index is 1.26. The van der Waals surface area contributed by atoms with Crippen molar-refractivity contribution in [2.75, 3.05) is 37.9 Å². The third kappa shape index (κ3) is 7.23. The standard InChI is InChI=1S/C36H41ClFN5O4S/c1-42(2)33-17-26(25-7-5-6-24(16-25)23-8-9-23)11-13-31(33)41-32-20-30(38)35(19-29(32)37)48(44,45)43(36-14-15-39-22-40-36)21-27-10-12-28(46-3)18-34(27)47-4/h5-7,10,12,14-16,18-20,22-23,26,31,33,41H,8-9,11,13,17,21H2,1-4H3/t26-,31-,33-/m0/s1. The summed E-state index contributed by atoms with van der Waals surface area (Å²) in [6.45, 7) is -0.194. The van der Waals surface area contributed by atoms with Gasteiger partial charge in [-0.3, -0.25) is 0 Å². The normalized spacial score (nSPS) is 19.6. The Labute approximate surface area is 287 Å². The summed E-state index contributed by atoms with van der Waals surface area (Å²) >= 11 is 6.74. The second kappa shape index (κ2) is 14.3. The zero-order valence-electron chi connectivity index (χ0n) is 27.6. The molecule has 0 unspecified atom stereocenters. The van der Waals surface area contributed by atoms with Gasteiger partial charge in [-0.25, -0.2) is 27.1 Å². The van der Waals surface area contributed by atoms with E-state index in [1.165, 1.54) is 68.9 Å². The van der Waals surface area contributed by atoms with Crippen molar-refractivity contribution in [1.29, 1.82) is 0 Å². The van der Waals surface area contributed by atoms with Gasteiger partial charge in [-0.2, -0.15) is 0 Å². The molecule has 48 heavy (non-hydrogen) atoms. The molecule has 3 atom stereocenters. The minimum absolute atomic E-state index is 0.0118. The van der Waals surface area contributed by atoms with Crippen molar-refractivity contribution in [1.82, 2.24) is 14.9 Å². The van der Waals surface area contributed by atoms with Crippen LogP contribution >= 0.6 is 11.6 Å². The first-order valence-electron chi connectivity index (χ1n) is 16.1. The van der Waals surface area contributed by atoms with Gasteiger partial charge in [-0.15, -0.1) is 0 Å². The van der Waals surface area contributed by atoms with E-state index in [0.29, 0.717) is 34.6 Å². The molecule has 1 aromatic heterocycles. The van der Waals surface area contributed by atoms with Crippen LogP contribution in [0.1, 0.15) is 60.6 Å². The van der Waals surface area contributed by atoms with Gasteiger partial charge in [0.1, 0.15) is 34.4 Å². The molecule has 0 saturated heterocycles. The molecule has 2 aliphatic rings. The Hall–Kier alpha value is -3.93. The van der Waals surface area contributed by atoms with Crippen molar-refractivity contribution >= 4 is 33.1 Å². The van der Waals surface area contributed by atoms with E-state index in [1.807, 2.05) is 0 Å². The van der Waals surface area contributed by atoms with Crippen LogP contribution in [-0.2, 0) is 16.6 Å². The van der Waals surface area contributed by atoms with Crippen LogP contribution in [0.15, 0.2) is 78.1 Å². The van der Waals surface area contributed by atoms with E-state index in [0.717, 1.165) is 23.6 Å². The monoisotopic (exact) mass is 693 g/mol. The zero-order valence-corrected chi connectivity index (χ0v) is 29.1. The number of anilines is 2. The molecular weight excluding hydrogens is 653 g/mol. The van der Waals surface area contributed by atoms with Crippen LogP contribution in [0.2, 0.25) is 5.02 Å². The van der Waals surface area contributed by atoms with E-state index in [-0.39, 0.29) is 29.5 Å². The maximum absolute atomic E-state index is 16.0. The van der Waals surface area contributed by atoms with Crippen LogP contribution in [0.5, 0.6) is 11.5 Å². The number of nitrogens with one attached hydrogen (secondary N) is 1. The molecular formula is C36H41ClFN5O4S. The summed E-state index contributed by atoms with van der Waals surface area (Å²) in [6.07, 6.45) is 7.97. The molecule has 254 valence electrons. The van der Waals surface area contributed by atoms with Crippen LogP contribution in [0.4, 0.5) is 15.9 Å². The highest BCUT2D eigenvalue weighted by Crippen LogP contribution is 2.43. The highest BCUT2D eigenvalue weighted by molar-refractivity contribution is 7.92. The van der Waals surface area contributed by atoms with Crippen LogP contribution in [0.25, 0.3) is 0 Å². The first-order valence-corrected chi connectivity index (χ1v) is 17.9. The number of aromatic nitrogens is 2. The molecule has 2 aliphatic carbocycles. The molecule has 9 nitrogen and oxygen atoms in total. The Morgan fingerprint density at radius 2 is 1.71 bits per heavy atom. The SMILES string of the molecule is COc1ccc(CN(c2ccncn2)S(=O)(=O)c2cc(Cl)c(N[C@H]3CC[C@H](c4cccc(C5CC5)c4)C[C@@H]3N(C)C)cc2F)c(OC)c1. The molecule has 12 heteroatoms. The summed E-state index contributed by atoms with van der Waals surface area (Å²) in [5, 5.41) is 3.58. The lowest BCUT2D eigenvalue weighted by Gasteiger charge is -2.41. The van der Waals surface area contributed by atoms with Gasteiger partial charge in [0.05, 0.1) is 31.5 Å². The third-order valence-corrected chi connectivity index (χ3v) is 11.5. The van der Waals surface area contributed by atoms with Crippen LogP contribution in [0, 0.1) is 5.82 Å². The molecule has 0 spiro atoms. The molecule has 1 N–H and O–H groups in total. The van der Waals surface area contributed by atoms with Gasteiger partial charge < -0.3 is 19.7 Å². The lowest BCUT2D eigenvalue weighted by Crippen LogP contribution is -2.47. The fourth-order valence-corrected chi connectivity index (χ4v) is 8.44. The van der Waals surface area contributed by atoms with E-state index < -0.39 is 20.7 Å². The summed E-state index contributed by atoms with van der Waals surface area (Å²) in [6, 6.07) is 18.0. The summed E-state index contributed by atoms with van der Waals surface area (Å²) in [5.74, 6) is 1.22. The molecule has 0 aliphatic heterocycles. The average Bonchev–Trinajstić information content (AvgIpc) is 3.95. The number of ether oxygens (including phenoxy) is 2. The van der Waals surface area contributed by atoms with Gasteiger partial charge >= 0.3 is 0 Å². The van der Waals surface area contributed by atoms with Crippen LogP contribution in [-0.4, -0.2) is 63.7 Å². The van der Waals surface area contributed by atoms with Gasteiger partial charge in [0.25, 0.3) is 10.0 Å². The summed E-state index contributed by atoms with van der Waals surface area (Å²) in [7, 11) is 2.61. The average molecular weight is 694 g/mol. The molecule has 6 rings (SSSR count). The molecule has 4 aromatic rings. The van der Waals surface area contributed by atoms with E-state index >= 15 is 4.39 Å². The molecule has 0 bridgehead atoms. The third-order valence-electron chi connectivity index (χ3n) is 9.47. The van der Waals surface area contributed by atoms with Gasteiger partial charge in [0.2, 0.25) is 0 Å². The number of hydrogen-bond acceptors (Lipinski definition) is 8. The first-order chi connectivity index (χ1) is 23.1. The van der Waals surface area contributed by atoms with Crippen molar-refractivity contribution in [3.63, 3.8) is 0 Å². The highest BCUT2D eigenvalue weighted by Gasteiger charge is 2.35. The minimum Gasteiger partial charge on any atom is -0.497 e. The van der Waals surface area contributed by atoms with E-state index in [1.54, 1.807) is 18.2 Å². The quantitative estimate of drug-likeness (QED) is 0.166. The van der Waals surface area contributed by atoms with E-state index in [2.05, 4.69) is 58.5 Å². The van der Waals surface area contributed by atoms with Crippen molar-refractivity contribution in [2.24, 2.45) is 0 Å². The molecule has 3 aromatic carbocycles. The van der Waals surface area contributed by atoms with Crippen molar-refractivity contribution < 1.29 is 22.3 Å². The largest absolute Gasteiger partial charge is 0.497 e. The molecule has 2 fully saturated rings. The maximum atomic E-state index is 16.0. The van der Waals surface area contributed by atoms with Gasteiger partial charge in [-0.05, 0) is 93.4 Å². The van der Waals surface area contributed by atoms with Crippen LogP contribution in [0.3, 0.4) is 0 Å². The Morgan fingerprint density at radius 3 is 2.38 bits per heavy atom. The lowest BCUT2D eigenvalue weighted by atomic mass is 9.77. The predicted molar refractivity (Wildman–Crippen MR) is 186 cm³/mol. The second-order valence-electron chi connectivity index (χ2n) is 12.8. The Bertz CT molecular complexity index is 1860. The number of benzene rings is 3. The Morgan fingerprint density at radius 1 is 0.958 bits per heavy atom. The van der Waals surface area contributed by atoms with Crippen molar-refractivity contribution in [2.45, 2.75) is 67.5 Å². The molecule has 0 radical (unpaired) electrons. The lowest BCUT2D eigenvalue weighted by molar-refractivity contribution is 0.196. The smallest absolute Gasteiger partial charge is 0.268 e. The summed E-state index contributed by atoms with van der Waals surface area (Å²) < 4.78 is 56.2. The fraction of sp³-hybridized carbons (Fsp3) is 0.389. The number of halogens is 2. The number of hydrogen-bond donors (Lipinski definition) is 1. The molecule has 2 saturated carbocycles. The maximum Gasteiger partial charge on any atom is 0.268 e. The first kappa shape index (κ1) is 34.0. The highest BCUT2D eigenvalue weighted by atomic mass is 35.5. The topological polar surface area (TPSA) is 96.9 Å². The summed E-state index contributed by atoms with van der Waals surface area (Å²) in [4.78, 5) is 9.72. The van der Waals surface area contributed by atoms with E-state index in [4.69, 9.17) is 21.1 Å². The minimum atomic E-state index is -4.50. The van der Waals surface area contributed by atoms with Gasteiger partial charge in [0, 0.05) is 36.0 Å².